The van der Waals surface area contributed by atoms with Crippen LogP contribution >= 0.6 is 0 Å². The summed E-state index contributed by atoms with van der Waals surface area (Å²) in [6.07, 6.45) is -3.95. The van der Waals surface area contributed by atoms with Gasteiger partial charge in [0.1, 0.15) is 6.04 Å². The highest BCUT2D eigenvalue weighted by Gasteiger charge is 2.44. The van der Waals surface area contributed by atoms with Gasteiger partial charge < -0.3 is 10.2 Å². The second-order valence-corrected chi connectivity index (χ2v) is 7.91. The number of halogens is 3. The van der Waals surface area contributed by atoms with Crippen LogP contribution in [0.3, 0.4) is 0 Å². The Labute approximate surface area is 190 Å². The molecule has 4 nitrogen and oxygen atoms in total. The van der Waals surface area contributed by atoms with E-state index in [0.29, 0.717) is 17.5 Å². The topological polar surface area (TPSA) is 49.4 Å². The van der Waals surface area contributed by atoms with Crippen LogP contribution in [0.2, 0.25) is 0 Å². The van der Waals surface area contributed by atoms with Crippen LogP contribution in [0.4, 0.5) is 13.2 Å². The summed E-state index contributed by atoms with van der Waals surface area (Å²) in [5.74, 6) is -0.781. The molecule has 2 unspecified atom stereocenters. The molecular weight excluding hydrogens is 429 g/mol. The minimum Gasteiger partial charge on any atom is -0.350 e. The molecule has 170 valence electrons. The van der Waals surface area contributed by atoms with Crippen LogP contribution < -0.4 is 5.32 Å². The number of nitrogens with one attached hydrogen (secondary N) is 1. The van der Waals surface area contributed by atoms with Gasteiger partial charge in [0.15, 0.2) is 0 Å². The van der Waals surface area contributed by atoms with E-state index in [1.54, 1.807) is 29.2 Å². The summed E-state index contributed by atoms with van der Waals surface area (Å²) in [7, 11) is 0. The number of nitrogens with zero attached hydrogens (tertiary/aromatic N) is 1. The number of rotatable bonds is 6. The number of carbonyl (C=O) groups excluding carboxylic acids is 2. The average Bonchev–Trinajstić information content (AvgIpc) is 3.11. The molecule has 4 rings (SSSR count). The lowest BCUT2D eigenvalue weighted by molar-refractivity contribution is -0.138. The number of hydrogen-bond donors (Lipinski definition) is 1. The summed E-state index contributed by atoms with van der Waals surface area (Å²) in [5, 5.41) is 2.64. The minimum absolute atomic E-state index is 0.0300. The summed E-state index contributed by atoms with van der Waals surface area (Å²) < 4.78 is 40.1. The van der Waals surface area contributed by atoms with Gasteiger partial charge in [-0.25, -0.2) is 0 Å². The predicted octanol–water partition coefficient (Wildman–Crippen LogP) is 5.67. The molecule has 0 aliphatic carbocycles. The Kier molecular flexibility index (Phi) is 6.22. The van der Waals surface area contributed by atoms with Gasteiger partial charge in [0.25, 0.3) is 5.91 Å². The Balaban J connectivity index is 1.66. The molecule has 3 aromatic carbocycles. The van der Waals surface area contributed by atoms with E-state index in [-0.39, 0.29) is 24.1 Å². The molecular formula is C26H23F3N2O2. The van der Waals surface area contributed by atoms with Gasteiger partial charge in [-0.3, -0.25) is 9.59 Å². The second-order valence-electron chi connectivity index (χ2n) is 7.91. The molecule has 1 heterocycles. The summed E-state index contributed by atoms with van der Waals surface area (Å²) >= 11 is 0. The first kappa shape index (κ1) is 22.6. The van der Waals surface area contributed by atoms with Crippen molar-refractivity contribution in [2.45, 2.75) is 38.1 Å². The third kappa shape index (κ3) is 4.35. The highest BCUT2D eigenvalue weighted by molar-refractivity contribution is 6.05. The molecule has 0 bridgehead atoms. The van der Waals surface area contributed by atoms with Gasteiger partial charge >= 0.3 is 6.18 Å². The van der Waals surface area contributed by atoms with Crippen molar-refractivity contribution in [3.63, 3.8) is 0 Å². The molecule has 1 N–H and O–H groups in total. The molecule has 1 aliphatic heterocycles. The lowest BCUT2D eigenvalue weighted by Gasteiger charge is -2.32. The first-order valence-corrected chi connectivity index (χ1v) is 10.7. The zero-order chi connectivity index (χ0) is 23.6. The van der Waals surface area contributed by atoms with Gasteiger partial charge in [0.2, 0.25) is 5.91 Å². The van der Waals surface area contributed by atoms with E-state index in [9.17, 15) is 22.8 Å². The Morgan fingerprint density at radius 3 is 2.30 bits per heavy atom. The van der Waals surface area contributed by atoms with Gasteiger partial charge in [-0.05, 0) is 35.2 Å². The van der Waals surface area contributed by atoms with E-state index in [1.807, 2.05) is 37.3 Å². The maximum atomic E-state index is 13.4. The lowest BCUT2D eigenvalue weighted by Crippen LogP contribution is -2.41. The number of benzene rings is 3. The van der Waals surface area contributed by atoms with Crippen LogP contribution in [0.15, 0.2) is 78.9 Å². The molecule has 33 heavy (non-hydrogen) atoms. The molecule has 0 spiro atoms. The molecule has 2 atom stereocenters. The van der Waals surface area contributed by atoms with E-state index in [2.05, 4.69) is 5.32 Å². The van der Waals surface area contributed by atoms with E-state index in [0.717, 1.165) is 11.6 Å². The van der Waals surface area contributed by atoms with Crippen molar-refractivity contribution in [3.8, 4) is 0 Å². The maximum Gasteiger partial charge on any atom is 0.416 e. The van der Waals surface area contributed by atoms with Crippen molar-refractivity contribution in [1.29, 1.82) is 0 Å². The quantitative estimate of drug-likeness (QED) is 0.524. The summed E-state index contributed by atoms with van der Waals surface area (Å²) in [6.45, 7) is 1.64. The first-order valence-electron chi connectivity index (χ1n) is 10.7. The largest absolute Gasteiger partial charge is 0.416 e. The molecule has 7 heteroatoms. The second kappa shape index (κ2) is 9.10. The summed E-state index contributed by atoms with van der Waals surface area (Å²) in [4.78, 5) is 28.3. The van der Waals surface area contributed by atoms with Crippen LogP contribution in [-0.2, 0) is 17.5 Å². The van der Waals surface area contributed by atoms with Crippen molar-refractivity contribution < 1.29 is 22.8 Å². The van der Waals surface area contributed by atoms with Crippen molar-refractivity contribution in [3.05, 3.63) is 107 Å². The van der Waals surface area contributed by atoms with Gasteiger partial charge in [-0.1, -0.05) is 73.7 Å². The zero-order valence-corrected chi connectivity index (χ0v) is 18.0. The number of hydrogen-bond acceptors (Lipinski definition) is 2. The van der Waals surface area contributed by atoms with Crippen LogP contribution in [0.25, 0.3) is 0 Å². The molecule has 1 aliphatic rings. The Morgan fingerprint density at radius 1 is 0.970 bits per heavy atom. The van der Waals surface area contributed by atoms with Gasteiger partial charge in [0, 0.05) is 12.1 Å². The van der Waals surface area contributed by atoms with Gasteiger partial charge in [0.05, 0.1) is 11.6 Å². The van der Waals surface area contributed by atoms with Crippen LogP contribution in [0, 0.1) is 0 Å². The summed E-state index contributed by atoms with van der Waals surface area (Å²) in [5.41, 5.74) is 1.06. The van der Waals surface area contributed by atoms with Crippen molar-refractivity contribution >= 4 is 11.8 Å². The monoisotopic (exact) mass is 452 g/mol. The van der Waals surface area contributed by atoms with Crippen LogP contribution in [0.5, 0.6) is 0 Å². The first-order chi connectivity index (χ1) is 15.8. The van der Waals surface area contributed by atoms with Crippen LogP contribution in [-0.4, -0.2) is 16.7 Å². The third-order valence-electron chi connectivity index (χ3n) is 5.93. The maximum absolute atomic E-state index is 13.4. The normalized spacial score (nSPS) is 16.4. The van der Waals surface area contributed by atoms with Crippen molar-refractivity contribution in [2.24, 2.45) is 0 Å². The Morgan fingerprint density at radius 2 is 1.61 bits per heavy atom. The highest BCUT2D eigenvalue weighted by atomic mass is 19.4. The number of fused-ring (bicyclic) bond motifs is 1. The molecule has 0 radical (unpaired) electrons. The molecule has 0 saturated carbocycles. The van der Waals surface area contributed by atoms with E-state index in [1.165, 1.54) is 18.2 Å². The smallest absolute Gasteiger partial charge is 0.350 e. The van der Waals surface area contributed by atoms with Crippen molar-refractivity contribution in [2.75, 3.05) is 0 Å². The predicted molar refractivity (Wildman–Crippen MR) is 118 cm³/mol. The fraction of sp³-hybridized carbons (Fsp3) is 0.231. The number of alkyl halides is 3. The third-order valence-corrected chi connectivity index (χ3v) is 5.93. The van der Waals surface area contributed by atoms with E-state index < -0.39 is 23.7 Å². The minimum atomic E-state index is -4.52. The highest BCUT2D eigenvalue weighted by Crippen LogP contribution is 2.41. The van der Waals surface area contributed by atoms with Gasteiger partial charge in [-0.15, -0.1) is 0 Å². The molecule has 0 saturated heterocycles. The Hall–Kier alpha value is -3.61. The standard InChI is InChI=1S/C26H23F3N2O2/c1-2-22(17-10-4-3-5-11-17)31-23(19-13-7-8-14-20(19)25(31)33)24(32)30-16-18-12-6-9-15-21(18)26(27,28)29/h3-15,22-23H,2,16H2,1H3,(H,30,32). The molecule has 2 amide bonds. The zero-order valence-electron chi connectivity index (χ0n) is 18.0. The molecule has 0 fully saturated rings. The summed E-state index contributed by atoms with van der Waals surface area (Å²) in [6, 6.07) is 20.2. The average molecular weight is 452 g/mol. The Bertz CT molecular complexity index is 1160. The van der Waals surface area contributed by atoms with Crippen molar-refractivity contribution in [1.82, 2.24) is 10.2 Å². The number of amides is 2. The fourth-order valence-electron chi connectivity index (χ4n) is 4.42. The molecule has 3 aromatic rings. The molecule has 0 aromatic heterocycles. The van der Waals surface area contributed by atoms with Crippen LogP contribution in [0.1, 0.15) is 58.0 Å². The number of carbonyl (C=O) groups is 2. The van der Waals surface area contributed by atoms with E-state index in [4.69, 9.17) is 0 Å². The lowest BCUT2D eigenvalue weighted by atomic mass is 9.99. The fourth-order valence-corrected chi connectivity index (χ4v) is 4.42. The SMILES string of the molecule is CCC(c1ccccc1)N1C(=O)c2ccccc2C1C(=O)NCc1ccccc1C(F)(F)F. The van der Waals surface area contributed by atoms with E-state index >= 15 is 0 Å². The van der Waals surface area contributed by atoms with Gasteiger partial charge in [-0.2, -0.15) is 13.2 Å².